The average Bonchev–Trinajstić information content (AvgIpc) is 3.24. The molecule has 1 heteroatoms. The van der Waals surface area contributed by atoms with Gasteiger partial charge in [0.05, 0.1) is 0 Å². The molecule has 0 saturated heterocycles. The van der Waals surface area contributed by atoms with Crippen molar-refractivity contribution in [2.45, 2.75) is 0 Å². The van der Waals surface area contributed by atoms with Crippen LogP contribution in [0.3, 0.4) is 0 Å². The number of fused-ring (bicyclic) bond motifs is 4. The van der Waals surface area contributed by atoms with Gasteiger partial charge in [-0.3, -0.25) is 0 Å². The second-order valence-corrected chi connectivity index (χ2v) is 17.8. The van der Waals surface area contributed by atoms with Crippen LogP contribution in [0.1, 0.15) is 0 Å². The van der Waals surface area contributed by atoms with Crippen LogP contribution >= 0.6 is 0 Å². The monoisotopic (exact) mass is 688 g/mol. The summed E-state index contributed by atoms with van der Waals surface area (Å²) in [7, 11) is -2.79. The molecule has 10 aromatic rings. The molecule has 0 N–H and O–H groups in total. The molecule has 10 rings (SSSR count). The van der Waals surface area contributed by atoms with Gasteiger partial charge in [0.2, 0.25) is 0 Å². The molecule has 10 aromatic carbocycles. The fourth-order valence-electron chi connectivity index (χ4n) is 8.79. The van der Waals surface area contributed by atoms with Crippen LogP contribution in [0, 0.1) is 0 Å². The van der Waals surface area contributed by atoms with Gasteiger partial charge in [0, 0.05) is 0 Å². The number of benzene rings is 10. The van der Waals surface area contributed by atoms with Crippen LogP contribution in [0.15, 0.2) is 218 Å². The first-order valence-electron chi connectivity index (χ1n) is 18.4. The first-order valence-corrected chi connectivity index (χ1v) is 20.4. The van der Waals surface area contributed by atoms with Gasteiger partial charge in [0.1, 0.15) is 0 Å². The Morgan fingerprint density at radius 1 is 0.226 bits per heavy atom. The number of rotatable bonds is 6. The maximum Gasteiger partial charge on any atom is 0.179 e. The zero-order valence-electron chi connectivity index (χ0n) is 29.3. The lowest BCUT2D eigenvalue weighted by molar-refractivity contribution is 1.66. The minimum absolute atomic E-state index is 1.23. The Balaban J connectivity index is 1.38. The van der Waals surface area contributed by atoms with Crippen LogP contribution in [-0.2, 0) is 0 Å². The van der Waals surface area contributed by atoms with E-state index in [9.17, 15) is 0 Å². The van der Waals surface area contributed by atoms with Crippen molar-refractivity contribution in [3.63, 3.8) is 0 Å². The Bertz CT molecular complexity index is 2830. The highest BCUT2D eigenvalue weighted by Crippen LogP contribution is 2.44. The van der Waals surface area contributed by atoms with Crippen LogP contribution in [0.4, 0.5) is 0 Å². The Hall–Kier alpha value is -6.54. The van der Waals surface area contributed by atoms with Crippen molar-refractivity contribution in [1.29, 1.82) is 0 Å². The molecule has 0 bridgehead atoms. The van der Waals surface area contributed by atoms with Crippen LogP contribution < -0.4 is 20.7 Å². The number of hydrogen-bond acceptors (Lipinski definition) is 0. The van der Waals surface area contributed by atoms with Gasteiger partial charge in [-0.1, -0.05) is 206 Å². The van der Waals surface area contributed by atoms with Crippen LogP contribution in [0.2, 0.25) is 0 Å². The standard InChI is InChI=1S/C52H36Si/c1-4-20-43(21-5-1)53(44-22-6-2-7-23-44,45-24-8-3-9-25-45)46-32-33-49-50(36-46)52(42-31-29-38-17-11-13-19-40(38)35-42)48-27-15-14-26-47(48)51(49)41-30-28-37-16-10-12-18-39(37)34-41/h1-36H. The summed E-state index contributed by atoms with van der Waals surface area (Å²) in [5.74, 6) is 0. The molecule has 0 radical (unpaired) electrons. The lowest BCUT2D eigenvalue weighted by atomic mass is 9.85. The molecule has 0 heterocycles. The molecule has 53 heavy (non-hydrogen) atoms. The van der Waals surface area contributed by atoms with Crippen molar-refractivity contribution in [2.75, 3.05) is 0 Å². The van der Waals surface area contributed by atoms with Crippen molar-refractivity contribution < 1.29 is 0 Å². The quantitative estimate of drug-likeness (QED) is 0.0927. The summed E-state index contributed by atoms with van der Waals surface area (Å²) >= 11 is 0. The van der Waals surface area contributed by atoms with Crippen molar-refractivity contribution in [3.05, 3.63) is 218 Å². The molecule has 0 aliphatic rings. The van der Waals surface area contributed by atoms with Gasteiger partial charge >= 0.3 is 0 Å². The zero-order chi connectivity index (χ0) is 35.2. The average molecular weight is 689 g/mol. The Morgan fingerprint density at radius 2 is 0.604 bits per heavy atom. The Kier molecular flexibility index (Phi) is 7.60. The minimum atomic E-state index is -2.79. The van der Waals surface area contributed by atoms with Gasteiger partial charge < -0.3 is 0 Å². The topological polar surface area (TPSA) is 0 Å². The smallest absolute Gasteiger partial charge is 0.0623 e. The second kappa shape index (κ2) is 12.9. The van der Waals surface area contributed by atoms with E-state index in [-0.39, 0.29) is 0 Å². The second-order valence-electron chi connectivity index (χ2n) is 14.0. The molecular formula is C52H36Si. The first-order chi connectivity index (χ1) is 26.3. The van der Waals surface area contributed by atoms with E-state index >= 15 is 0 Å². The Labute approximate surface area is 311 Å². The van der Waals surface area contributed by atoms with E-state index in [4.69, 9.17) is 0 Å². The maximum atomic E-state index is 2.57. The molecule has 0 aliphatic carbocycles. The van der Waals surface area contributed by atoms with Crippen molar-refractivity contribution in [3.8, 4) is 22.3 Å². The minimum Gasteiger partial charge on any atom is -0.0623 e. The third-order valence-electron chi connectivity index (χ3n) is 11.2. The lowest BCUT2D eigenvalue weighted by Gasteiger charge is -2.35. The van der Waals surface area contributed by atoms with Crippen LogP contribution in [0.5, 0.6) is 0 Å². The van der Waals surface area contributed by atoms with E-state index in [1.165, 1.54) is 86.1 Å². The van der Waals surface area contributed by atoms with E-state index in [0.717, 1.165) is 0 Å². The fourth-order valence-corrected chi connectivity index (χ4v) is 13.6. The number of hydrogen-bond donors (Lipinski definition) is 0. The lowest BCUT2D eigenvalue weighted by Crippen LogP contribution is -2.74. The molecule has 0 atom stereocenters. The SMILES string of the molecule is c1ccc([Si](c2ccccc2)(c2ccccc2)c2ccc3c(-c4ccc5ccccc5c4)c4ccccc4c(-c4ccc5ccccc5c4)c3c2)cc1. The van der Waals surface area contributed by atoms with Gasteiger partial charge in [-0.25, -0.2) is 0 Å². The van der Waals surface area contributed by atoms with Crippen molar-refractivity contribution in [2.24, 2.45) is 0 Å². The summed E-state index contributed by atoms with van der Waals surface area (Å²) in [4.78, 5) is 0. The van der Waals surface area contributed by atoms with Gasteiger partial charge in [0.15, 0.2) is 8.07 Å². The maximum absolute atomic E-state index is 2.79. The van der Waals surface area contributed by atoms with Crippen molar-refractivity contribution in [1.82, 2.24) is 0 Å². The Morgan fingerprint density at radius 3 is 1.08 bits per heavy atom. The predicted molar refractivity (Wildman–Crippen MR) is 231 cm³/mol. The van der Waals surface area contributed by atoms with Gasteiger partial charge in [0.25, 0.3) is 0 Å². The molecule has 0 nitrogen and oxygen atoms in total. The van der Waals surface area contributed by atoms with Crippen LogP contribution in [0.25, 0.3) is 65.3 Å². The summed E-state index contributed by atoms with van der Waals surface area (Å²) in [6.07, 6.45) is 0. The molecule has 0 saturated carbocycles. The highest BCUT2D eigenvalue weighted by Gasteiger charge is 2.41. The molecule has 0 aromatic heterocycles. The highest BCUT2D eigenvalue weighted by atomic mass is 28.3. The summed E-state index contributed by atoms with van der Waals surface area (Å²) in [5, 5.41) is 15.6. The van der Waals surface area contributed by atoms with Gasteiger partial charge in [-0.2, -0.15) is 0 Å². The highest BCUT2D eigenvalue weighted by molar-refractivity contribution is 7.20. The van der Waals surface area contributed by atoms with E-state index in [1.807, 2.05) is 0 Å². The summed E-state index contributed by atoms with van der Waals surface area (Å²) < 4.78 is 0. The van der Waals surface area contributed by atoms with E-state index < -0.39 is 8.07 Å². The van der Waals surface area contributed by atoms with E-state index in [0.29, 0.717) is 0 Å². The molecule has 0 aliphatic heterocycles. The third kappa shape index (κ3) is 5.12. The third-order valence-corrected chi connectivity index (χ3v) is 15.9. The van der Waals surface area contributed by atoms with Gasteiger partial charge in [-0.15, -0.1) is 0 Å². The first kappa shape index (κ1) is 31.2. The fraction of sp³-hybridized carbons (Fsp3) is 0. The largest absolute Gasteiger partial charge is 0.179 e. The molecule has 248 valence electrons. The molecule has 0 amide bonds. The summed E-state index contributed by atoms with van der Waals surface area (Å²) in [5.41, 5.74) is 5.03. The molecule has 0 unspecified atom stereocenters. The predicted octanol–water partition coefficient (Wildman–Crippen LogP) is 11.0. The van der Waals surface area contributed by atoms with Crippen molar-refractivity contribution >= 4 is 71.9 Å². The van der Waals surface area contributed by atoms with Crippen LogP contribution in [-0.4, -0.2) is 8.07 Å². The molecule has 0 fully saturated rings. The molecular weight excluding hydrogens is 653 g/mol. The van der Waals surface area contributed by atoms with Gasteiger partial charge in [-0.05, 0) is 98.2 Å². The van der Waals surface area contributed by atoms with E-state index in [2.05, 4.69) is 218 Å². The summed E-state index contributed by atoms with van der Waals surface area (Å²) in [6, 6.07) is 81.5. The zero-order valence-corrected chi connectivity index (χ0v) is 30.3. The molecule has 0 spiro atoms. The van der Waals surface area contributed by atoms with E-state index in [1.54, 1.807) is 0 Å². The normalized spacial score (nSPS) is 11.8. The summed E-state index contributed by atoms with van der Waals surface area (Å²) in [6.45, 7) is 0.